The van der Waals surface area contributed by atoms with E-state index in [1.165, 1.54) is 0 Å². The average molecular weight is 297 g/mol. The minimum Gasteiger partial charge on any atom is -0.325 e. The molecule has 1 heterocycles. The second-order valence-corrected chi connectivity index (χ2v) is 6.42. The van der Waals surface area contributed by atoms with E-state index in [9.17, 15) is 18.0 Å². The summed E-state index contributed by atoms with van der Waals surface area (Å²) in [4.78, 5) is 22.2. The molecule has 20 heavy (non-hydrogen) atoms. The van der Waals surface area contributed by atoms with Crippen molar-refractivity contribution in [2.24, 2.45) is 0 Å². The molecule has 1 aromatic carbocycles. The van der Waals surface area contributed by atoms with Gasteiger partial charge in [-0.05, 0) is 12.5 Å². The normalized spacial score (nSPS) is 18.8. The Balaban J connectivity index is 1.93. The van der Waals surface area contributed by atoms with Gasteiger partial charge < -0.3 is 5.32 Å². The number of rotatable bonds is 5. The molecule has 8 heteroatoms. The molecule has 108 valence electrons. The minimum absolute atomic E-state index is 0.161. The van der Waals surface area contributed by atoms with Gasteiger partial charge in [-0.3, -0.25) is 10.1 Å². The van der Waals surface area contributed by atoms with Crippen molar-refractivity contribution in [3.63, 3.8) is 0 Å². The van der Waals surface area contributed by atoms with Crippen molar-refractivity contribution < 1.29 is 18.0 Å². The van der Waals surface area contributed by atoms with Crippen molar-refractivity contribution in [1.82, 2.24) is 15.4 Å². The van der Waals surface area contributed by atoms with Crippen molar-refractivity contribution in [2.45, 2.75) is 18.7 Å². The fourth-order valence-electron chi connectivity index (χ4n) is 1.77. The molecule has 0 aromatic heterocycles. The number of imide groups is 1. The topological polar surface area (TPSA) is 104 Å². The van der Waals surface area contributed by atoms with Crippen LogP contribution in [0.3, 0.4) is 0 Å². The Bertz CT molecular complexity index is 625. The second-order valence-electron chi connectivity index (χ2n) is 4.61. The van der Waals surface area contributed by atoms with Gasteiger partial charge in [-0.1, -0.05) is 29.8 Å². The Hall–Kier alpha value is -1.93. The SMILES string of the molecule is Cc1ccc(CS(=O)(=O)NCC2NC(=O)NC2=O)cc1. The molecule has 0 aliphatic carbocycles. The van der Waals surface area contributed by atoms with E-state index in [1.54, 1.807) is 12.1 Å². The monoisotopic (exact) mass is 297 g/mol. The summed E-state index contributed by atoms with van der Waals surface area (Å²) in [5, 5.41) is 4.36. The van der Waals surface area contributed by atoms with Gasteiger partial charge in [0.2, 0.25) is 10.0 Å². The van der Waals surface area contributed by atoms with E-state index in [1.807, 2.05) is 24.4 Å². The zero-order valence-corrected chi connectivity index (χ0v) is 11.7. The number of amides is 3. The molecule has 1 aromatic rings. The second kappa shape index (κ2) is 5.59. The van der Waals surface area contributed by atoms with Crippen LogP contribution in [0.15, 0.2) is 24.3 Å². The highest BCUT2D eigenvalue weighted by molar-refractivity contribution is 7.88. The van der Waals surface area contributed by atoms with E-state index in [4.69, 9.17) is 0 Å². The lowest BCUT2D eigenvalue weighted by molar-refractivity contribution is -0.120. The molecule has 1 unspecified atom stereocenters. The van der Waals surface area contributed by atoms with Gasteiger partial charge in [0.15, 0.2) is 0 Å². The molecule has 3 amide bonds. The Labute approximate surface area is 116 Å². The number of carbonyl (C=O) groups is 2. The first-order valence-corrected chi connectivity index (χ1v) is 7.65. The number of sulfonamides is 1. The highest BCUT2D eigenvalue weighted by atomic mass is 32.2. The number of aryl methyl sites for hydroxylation is 1. The van der Waals surface area contributed by atoms with Crippen molar-refractivity contribution in [1.29, 1.82) is 0 Å². The molecule has 7 nitrogen and oxygen atoms in total. The standard InChI is InChI=1S/C12H15N3O4S/c1-8-2-4-9(5-3-8)7-20(18,19)13-6-10-11(16)15-12(17)14-10/h2-5,10,13H,6-7H2,1H3,(H2,14,15,16,17). The Morgan fingerprint density at radius 3 is 2.40 bits per heavy atom. The summed E-state index contributed by atoms with van der Waals surface area (Å²) in [5.74, 6) is -0.705. The molecule has 1 aliphatic heterocycles. The molecular weight excluding hydrogens is 282 g/mol. The maximum atomic E-state index is 11.9. The summed E-state index contributed by atoms with van der Waals surface area (Å²) in [6, 6.07) is 5.65. The van der Waals surface area contributed by atoms with Crippen LogP contribution in [0.2, 0.25) is 0 Å². The highest BCUT2D eigenvalue weighted by Gasteiger charge is 2.30. The molecule has 1 aliphatic rings. The van der Waals surface area contributed by atoms with E-state index in [0.717, 1.165) is 5.56 Å². The van der Waals surface area contributed by atoms with Crippen LogP contribution in [0.4, 0.5) is 4.79 Å². The summed E-state index contributed by atoms with van der Waals surface area (Å²) in [7, 11) is -3.56. The van der Waals surface area contributed by atoms with Gasteiger partial charge in [-0.15, -0.1) is 0 Å². The van der Waals surface area contributed by atoms with Gasteiger partial charge in [0.25, 0.3) is 5.91 Å². The van der Waals surface area contributed by atoms with Crippen LogP contribution in [0.1, 0.15) is 11.1 Å². The van der Waals surface area contributed by atoms with Crippen LogP contribution < -0.4 is 15.4 Å². The van der Waals surface area contributed by atoms with E-state index in [0.29, 0.717) is 5.56 Å². The smallest absolute Gasteiger partial charge is 0.322 e. The van der Waals surface area contributed by atoms with Gasteiger partial charge in [-0.25, -0.2) is 17.9 Å². The third kappa shape index (κ3) is 3.78. The number of urea groups is 1. The van der Waals surface area contributed by atoms with Gasteiger partial charge in [0, 0.05) is 6.54 Å². The van der Waals surface area contributed by atoms with Gasteiger partial charge in [-0.2, -0.15) is 0 Å². The van der Waals surface area contributed by atoms with Gasteiger partial charge in [0.1, 0.15) is 6.04 Å². The molecule has 1 saturated heterocycles. The van der Waals surface area contributed by atoms with Crippen LogP contribution in [0.25, 0.3) is 0 Å². The van der Waals surface area contributed by atoms with E-state index in [2.05, 4.69) is 10.0 Å². The molecule has 0 saturated carbocycles. The zero-order valence-electron chi connectivity index (χ0n) is 10.8. The average Bonchev–Trinajstić information content (AvgIpc) is 2.68. The van der Waals surface area contributed by atoms with Crippen LogP contribution in [0, 0.1) is 6.92 Å². The maximum Gasteiger partial charge on any atom is 0.322 e. The van der Waals surface area contributed by atoms with Crippen molar-refractivity contribution >= 4 is 22.0 Å². The largest absolute Gasteiger partial charge is 0.325 e. The van der Waals surface area contributed by atoms with Gasteiger partial charge >= 0.3 is 6.03 Å². The fourth-order valence-corrected chi connectivity index (χ4v) is 2.92. The predicted molar refractivity (Wildman–Crippen MR) is 72.3 cm³/mol. The maximum absolute atomic E-state index is 11.9. The molecule has 3 N–H and O–H groups in total. The lowest BCUT2D eigenvalue weighted by Gasteiger charge is -2.10. The zero-order chi connectivity index (χ0) is 14.8. The molecule has 2 rings (SSSR count). The quantitative estimate of drug-likeness (QED) is 0.644. The van der Waals surface area contributed by atoms with Crippen LogP contribution in [-0.2, 0) is 20.6 Å². The van der Waals surface area contributed by atoms with E-state index < -0.39 is 28.0 Å². The summed E-state index contributed by atoms with van der Waals surface area (Å²) in [6.45, 7) is 1.75. The molecule has 0 radical (unpaired) electrons. The first-order valence-electron chi connectivity index (χ1n) is 6.00. The minimum atomic E-state index is -3.56. The Morgan fingerprint density at radius 1 is 1.20 bits per heavy atom. The van der Waals surface area contributed by atoms with E-state index in [-0.39, 0.29) is 12.3 Å². The number of hydrogen-bond acceptors (Lipinski definition) is 4. The lowest BCUT2D eigenvalue weighted by atomic mass is 10.2. The van der Waals surface area contributed by atoms with E-state index >= 15 is 0 Å². The third-order valence-corrected chi connectivity index (χ3v) is 4.16. The Kier molecular flexibility index (Phi) is 4.05. The van der Waals surface area contributed by atoms with Crippen molar-refractivity contribution in [3.8, 4) is 0 Å². The Morgan fingerprint density at radius 2 is 1.85 bits per heavy atom. The molecule has 1 atom stereocenters. The van der Waals surface area contributed by atoms with Gasteiger partial charge in [0.05, 0.1) is 5.75 Å². The molecule has 1 fully saturated rings. The summed E-state index contributed by atoms with van der Waals surface area (Å²) in [5.41, 5.74) is 1.70. The first-order chi connectivity index (χ1) is 9.35. The number of hydrogen-bond donors (Lipinski definition) is 3. The summed E-state index contributed by atoms with van der Waals surface area (Å²) >= 11 is 0. The van der Waals surface area contributed by atoms with Crippen LogP contribution >= 0.6 is 0 Å². The fraction of sp³-hybridized carbons (Fsp3) is 0.333. The third-order valence-electron chi connectivity index (χ3n) is 2.84. The van der Waals surface area contributed by atoms with Crippen LogP contribution in [-0.4, -0.2) is 32.9 Å². The number of carbonyl (C=O) groups excluding carboxylic acids is 2. The summed E-state index contributed by atoms with van der Waals surface area (Å²) in [6.07, 6.45) is 0. The lowest BCUT2D eigenvalue weighted by Crippen LogP contribution is -2.41. The predicted octanol–water partition coefficient (Wildman–Crippen LogP) is -0.378. The highest BCUT2D eigenvalue weighted by Crippen LogP contribution is 2.07. The molecule has 0 bridgehead atoms. The van der Waals surface area contributed by atoms with Crippen molar-refractivity contribution in [2.75, 3.05) is 6.54 Å². The molecule has 0 spiro atoms. The number of benzene rings is 1. The number of nitrogens with one attached hydrogen (secondary N) is 3. The summed E-state index contributed by atoms with van der Waals surface area (Å²) < 4.78 is 26.1. The van der Waals surface area contributed by atoms with Crippen LogP contribution in [0.5, 0.6) is 0 Å². The first kappa shape index (κ1) is 14.5. The molecular formula is C12H15N3O4S. The van der Waals surface area contributed by atoms with Crippen molar-refractivity contribution in [3.05, 3.63) is 35.4 Å².